The highest BCUT2D eigenvalue weighted by Gasteiger charge is 2.20. The standard InChI is InChI=1S/C15H20N2S/c1-3-12-7-9-17(10-8-12)14-5-4-6-15(18-2)13(14)11-16/h4-6,12H,3,7-10H2,1-2H3. The van der Waals surface area contributed by atoms with Gasteiger partial charge in [-0.1, -0.05) is 19.4 Å². The van der Waals surface area contributed by atoms with Crippen LogP contribution in [0.5, 0.6) is 0 Å². The second-order valence-corrected chi connectivity index (χ2v) is 5.65. The number of thioether (sulfide) groups is 1. The maximum Gasteiger partial charge on any atom is 0.103 e. The van der Waals surface area contributed by atoms with Gasteiger partial charge in [0.1, 0.15) is 6.07 Å². The fourth-order valence-corrected chi connectivity index (χ4v) is 3.22. The molecular formula is C15H20N2S. The number of piperidine rings is 1. The number of anilines is 1. The average molecular weight is 260 g/mol. The molecule has 0 aliphatic carbocycles. The quantitative estimate of drug-likeness (QED) is 0.771. The molecule has 1 saturated heterocycles. The zero-order valence-corrected chi connectivity index (χ0v) is 12.0. The summed E-state index contributed by atoms with van der Waals surface area (Å²) < 4.78 is 0. The summed E-state index contributed by atoms with van der Waals surface area (Å²) in [6, 6.07) is 8.56. The van der Waals surface area contributed by atoms with Gasteiger partial charge in [-0.25, -0.2) is 0 Å². The molecular weight excluding hydrogens is 240 g/mol. The van der Waals surface area contributed by atoms with Gasteiger partial charge < -0.3 is 4.90 Å². The van der Waals surface area contributed by atoms with Gasteiger partial charge in [-0.15, -0.1) is 11.8 Å². The first-order valence-corrected chi connectivity index (χ1v) is 7.84. The van der Waals surface area contributed by atoms with Gasteiger partial charge in [0.15, 0.2) is 0 Å². The smallest absolute Gasteiger partial charge is 0.103 e. The van der Waals surface area contributed by atoms with Crippen molar-refractivity contribution < 1.29 is 0 Å². The maximum atomic E-state index is 9.37. The first-order valence-electron chi connectivity index (χ1n) is 6.62. The normalized spacial score (nSPS) is 16.6. The van der Waals surface area contributed by atoms with Crippen LogP contribution >= 0.6 is 11.8 Å². The summed E-state index contributed by atoms with van der Waals surface area (Å²) in [6.45, 7) is 4.45. The second-order valence-electron chi connectivity index (χ2n) is 4.80. The molecule has 96 valence electrons. The molecule has 1 aromatic carbocycles. The van der Waals surface area contributed by atoms with Crippen LogP contribution in [0.3, 0.4) is 0 Å². The number of nitriles is 1. The third kappa shape index (κ3) is 2.64. The summed E-state index contributed by atoms with van der Waals surface area (Å²) >= 11 is 1.65. The van der Waals surface area contributed by atoms with Gasteiger partial charge in [0, 0.05) is 18.0 Å². The third-order valence-electron chi connectivity index (χ3n) is 3.87. The first kappa shape index (κ1) is 13.3. The summed E-state index contributed by atoms with van der Waals surface area (Å²) in [4.78, 5) is 3.47. The molecule has 1 heterocycles. The second kappa shape index (κ2) is 6.15. The molecule has 3 heteroatoms. The molecule has 0 aromatic heterocycles. The van der Waals surface area contributed by atoms with Crippen LogP contribution in [0.2, 0.25) is 0 Å². The molecule has 0 amide bonds. The monoisotopic (exact) mass is 260 g/mol. The number of hydrogen-bond acceptors (Lipinski definition) is 3. The Morgan fingerprint density at radius 2 is 2.11 bits per heavy atom. The van der Waals surface area contributed by atoms with E-state index in [2.05, 4.69) is 30.0 Å². The summed E-state index contributed by atoms with van der Waals surface area (Å²) in [6.07, 6.45) is 5.82. The predicted octanol–water partition coefficient (Wildman–Crippen LogP) is 3.91. The van der Waals surface area contributed by atoms with Gasteiger partial charge in [-0.05, 0) is 37.1 Å². The molecule has 1 fully saturated rings. The van der Waals surface area contributed by atoms with Crippen molar-refractivity contribution >= 4 is 17.4 Å². The number of nitrogens with zero attached hydrogens (tertiary/aromatic N) is 2. The molecule has 0 radical (unpaired) electrons. The van der Waals surface area contributed by atoms with E-state index in [-0.39, 0.29) is 0 Å². The van der Waals surface area contributed by atoms with Crippen molar-refractivity contribution in [1.29, 1.82) is 5.26 Å². The van der Waals surface area contributed by atoms with E-state index in [1.165, 1.54) is 19.3 Å². The summed E-state index contributed by atoms with van der Waals surface area (Å²) in [5.74, 6) is 0.871. The van der Waals surface area contributed by atoms with E-state index >= 15 is 0 Å². The van der Waals surface area contributed by atoms with E-state index in [0.29, 0.717) is 0 Å². The van der Waals surface area contributed by atoms with Crippen LogP contribution in [0.4, 0.5) is 5.69 Å². The summed E-state index contributed by atoms with van der Waals surface area (Å²) in [5, 5.41) is 9.37. The Labute approximate surface area is 114 Å². The lowest BCUT2D eigenvalue weighted by Gasteiger charge is -2.34. The minimum atomic E-state index is 0.847. The third-order valence-corrected chi connectivity index (χ3v) is 4.65. The number of hydrogen-bond donors (Lipinski definition) is 0. The maximum absolute atomic E-state index is 9.37. The lowest BCUT2D eigenvalue weighted by atomic mass is 9.94. The van der Waals surface area contributed by atoms with Crippen LogP contribution < -0.4 is 4.90 Å². The van der Waals surface area contributed by atoms with Crippen LogP contribution in [0, 0.1) is 17.2 Å². The molecule has 2 nitrogen and oxygen atoms in total. The topological polar surface area (TPSA) is 27.0 Å². The van der Waals surface area contributed by atoms with Gasteiger partial charge in [-0.3, -0.25) is 0 Å². The van der Waals surface area contributed by atoms with E-state index in [0.717, 1.165) is 35.2 Å². The van der Waals surface area contributed by atoms with Crippen molar-refractivity contribution in [3.8, 4) is 6.07 Å². The van der Waals surface area contributed by atoms with Gasteiger partial charge >= 0.3 is 0 Å². The van der Waals surface area contributed by atoms with Crippen molar-refractivity contribution in [2.45, 2.75) is 31.1 Å². The van der Waals surface area contributed by atoms with Gasteiger partial charge in [0.05, 0.1) is 11.3 Å². The molecule has 0 unspecified atom stereocenters. The zero-order valence-electron chi connectivity index (χ0n) is 11.1. The molecule has 0 bridgehead atoms. The molecule has 0 spiro atoms. The molecule has 1 aliphatic heterocycles. The lowest BCUT2D eigenvalue weighted by molar-refractivity contribution is 0.395. The minimum absolute atomic E-state index is 0.847. The average Bonchev–Trinajstić information content (AvgIpc) is 2.46. The largest absolute Gasteiger partial charge is 0.370 e. The Balaban J connectivity index is 2.22. The van der Waals surface area contributed by atoms with Crippen molar-refractivity contribution in [3.63, 3.8) is 0 Å². The van der Waals surface area contributed by atoms with E-state index < -0.39 is 0 Å². The van der Waals surface area contributed by atoms with Crippen LogP contribution in [0.25, 0.3) is 0 Å². The SMILES string of the molecule is CCC1CCN(c2cccc(SC)c2C#N)CC1. The Hall–Kier alpha value is -1.14. The van der Waals surface area contributed by atoms with Gasteiger partial charge in [0.25, 0.3) is 0 Å². The lowest BCUT2D eigenvalue weighted by Crippen LogP contribution is -2.34. The van der Waals surface area contributed by atoms with Crippen LogP contribution in [0.1, 0.15) is 31.7 Å². The number of rotatable bonds is 3. The van der Waals surface area contributed by atoms with Crippen LogP contribution in [-0.4, -0.2) is 19.3 Å². The van der Waals surface area contributed by atoms with E-state index in [1.54, 1.807) is 11.8 Å². The van der Waals surface area contributed by atoms with E-state index in [1.807, 2.05) is 12.3 Å². The number of benzene rings is 1. The molecule has 2 rings (SSSR count). The highest BCUT2D eigenvalue weighted by atomic mass is 32.2. The van der Waals surface area contributed by atoms with E-state index in [4.69, 9.17) is 0 Å². The Morgan fingerprint density at radius 3 is 2.67 bits per heavy atom. The molecule has 1 aliphatic rings. The molecule has 1 aromatic rings. The molecule has 0 atom stereocenters. The Bertz CT molecular complexity index is 442. The van der Waals surface area contributed by atoms with Gasteiger partial charge in [0.2, 0.25) is 0 Å². The zero-order chi connectivity index (χ0) is 13.0. The highest BCUT2D eigenvalue weighted by molar-refractivity contribution is 7.98. The van der Waals surface area contributed by atoms with Crippen molar-refractivity contribution in [1.82, 2.24) is 0 Å². The Morgan fingerprint density at radius 1 is 1.39 bits per heavy atom. The summed E-state index contributed by atoms with van der Waals surface area (Å²) in [5.41, 5.74) is 1.97. The molecule has 18 heavy (non-hydrogen) atoms. The summed E-state index contributed by atoms with van der Waals surface area (Å²) in [7, 11) is 0. The van der Waals surface area contributed by atoms with E-state index in [9.17, 15) is 5.26 Å². The van der Waals surface area contributed by atoms with Gasteiger partial charge in [-0.2, -0.15) is 5.26 Å². The fourth-order valence-electron chi connectivity index (χ4n) is 2.65. The fraction of sp³-hybridized carbons (Fsp3) is 0.533. The van der Waals surface area contributed by atoms with Crippen LogP contribution in [-0.2, 0) is 0 Å². The molecule has 0 N–H and O–H groups in total. The predicted molar refractivity (Wildman–Crippen MR) is 78.2 cm³/mol. The highest BCUT2D eigenvalue weighted by Crippen LogP contribution is 2.32. The molecule has 0 saturated carbocycles. The Kier molecular flexibility index (Phi) is 4.54. The van der Waals surface area contributed by atoms with Crippen molar-refractivity contribution in [2.24, 2.45) is 5.92 Å². The first-order chi connectivity index (χ1) is 8.80. The van der Waals surface area contributed by atoms with Crippen molar-refractivity contribution in [3.05, 3.63) is 23.8 Å². The minimum Gasteiger partial charge on any atom is -0.370 e. The van der Waals surface area contributed by atoms with Crippen LogP contribution in [0.15, 0.2) is 23.1 Å². The van der Waals surface area contributed by atoms with Crippen molar-refractivity contribution in [2.75, 3.05) is 24.2 Å².